The monoisotopic (exact) mass is 402 g/mol. The number of unbranched alkanes of at least 4 members (excludes halogenated alkanes) is 1. The number of carbonyl (C=O) groups is 2. The number of esters is 2. The van der Waals surface area contributed by atoms with Gasteiger partial charge in [0.1, 0.15) is 5.57 Å². The standard InChI is InChI=1S/C24H34O5/c1-6-7-9-19(4)17-29-24(26)22(23(25)28-15-14-18(2)3)16-20-10-8-11-21(27-5)13-12-20/h8,10,12-13,16,18-19H,6-7,9,14-15,17H2,1-5H3/b22-16-. The van der Waals surface area contributed by atoms with Gasteiger partial charge in [-0.3, -0.25) is 0 Å². The SMILES string of the molecule is CCCCC(C)COC(=O)/C(=C\C1=CC=C=C(OC)C=C1)C(=O)OCCC(C)C. The van der Waals surface area contributed by atoms with Gasteiger partial charge < -0.3 is 14.2 Å². The summed E-state index contributed by atoms with van der Waals surface area (Å²) in [6, 6.07) is 0. The fraction of sp³-hybridized carbons (Fsp3) is 0.542. The minimum atomic E-state index is -0.667. The minimum Gasteiger partial charge on any atom is -0.489 e. The van der Waals surface area contributed by atoms with Crippen molar-refractivity contribution in [2.24, 2.45) is 11.8 Å². The number of rotatable bonds is 12. The maximum Gasteiger partial charge on any atom is 0.345 e. The number of hydrogen-bond acceptors (Lipinski definition) is 5. The summed E-state index contributed by atoms with van der Waals surface area (Å²) < 4.78 is 15.9. The molecule has 0 bridgehead atoms. The van der Waals surface area contributed by atoms with Crippen molar-refractivity contribution >= 4 is 11.9 Å². The lowest BCUT2D eigenvalue weighted by atomic mass is 10.1. The second kappa shape index (κ2) is 13.6. The first-order valence-corrected chi connectivity index (χ1v) is 10.3. The topological polar surface area (TPSA) is 61.8 Å². The molecule has 5 heteroatoms. The average molecular weight is 403 g/mol. The summed E-state index contributed by atoms with van der Waals surface area (Å²) in [7, 11) is 1.55. The minimum absolute atomic E-state index is 0.110. The Bertz CT molecular complexity index is 703. The molecule has 0 saturated heterocycles. The molecule has 1 rings (SSSR count). The Kier molecular flexibility index (Phi) is 11.5. The number of ether oxygens (including phenoxy) is 3. The van der Waals surface area contributed by atoms with Crippen LogP contribution in [0.25, 0.3) is 0 Å². The molecule has 29 heavy (non-hydrogen) atoms. The van der Waals surface area contributed by atoms with Gasteiger partial charge in [-0.15, -0.1) is 0 Å². The van der Waals surface area contributed by atoms with E-state index in [-0.39, 0.29) is 24.7 Å². The predicted molar refractivity (Wildman–Crippen MR) is 114 cm³/mol. The van der Waals surface area contributed by atoms with Crippen molar-refractivity contribution < 1.29 is 23.8 Å². The van der Waals surface area contributed by atoms with Crippen molar-refractivity contribution in [2.75, 3.05) is 20.3 Å². The van der Waals surface area contributed by atoms with E-state index in [1.165, 1.54) is 6.08 Å². The maximum absolute atomic E-state index is 12.6. The Balaban J connectivity index is 2.91. The Labute approximate surface area is 174 Å². The van der Waals surface area contributed by atoms with Crippen molar-refractivity contribution in [2.45, 2.75) is 53.4 Å². The summed E-state index contributed by atoms with van der Waals surface area (Å²) in [5.74, 6) is -0.133. The van der Waals surface area contributed by atoms with Gasteiger partial charge in [-0.1, -0.05) is 52.3 Å². The molecule has 1 aliphatic rings. The molecular formula is C24H34O5. The van der Waals surface area contributed by atoms with Crippen molar-refractivity contribution in [1.82, 2.24) is 0 Å². The van der Waals surface area contributed by atoms with E-state index in [2.05, 4.69) is 12.7 Å². The molecule has 0 fully saturated rings. The van der Waals surface area contributed by atoms with Crippen LogP contribution in [0.15, 0.2) is 53.0 Å². The van der Waals surface area contributed by atoms with Crippen LogP contribution in [-0.2, 0) is 23.8 Å². The van der Waals surface area contributed by atoms with E-state index in [0.717, 1.165) is 25.7 Å². The van der Waals surface area contributed by atoms with Crippen molar-refractivity contribution in [1.29, 1.82) is 0 Å². The lowest BCUT2D eigenvalue weighted by Crippen LogP contribution is -2.21. The third-order valence-electron chi connectivity index (χ3n) is 4.38. The van der Waals surface area contributed by atoms with Crippen LogP contribution in [0, 0.1) is 11.8 Å². The fourth-order valence-electron chi connectivity index (χ4n) is 2.48. The number of methoxy groups -OCH3 is 1. The zero-order valence-corrected chi connectivity index (χ0v) is 18.3. The van der Waals surface area contributed by atoms with E-state index in [1.54, 1.807) is 31.4 Å². The highest BCUT2D eigenvalue weighted by Gasteiger charge is 2.22. The van der Waals surface area contributed by atoms with Gasteiger partial charge in [-0.05, 0) is 54.6 Å². The summed E-state index contributed by atoms with van der Waals surface area (Å²) >= 11 is 0. The normalized spacial score (nSPS) is 14.8. The molecule has 0 aliphatic heterocycles. The molecule has 0 aromatic heterocycles. The van der Waals surface area contributed by atoms with Gasteiger partial charge in [0.25, 0.3) is 0 Å². The fourth-order valence-corrected chi connectivity index (χ4v) is 2.48. The van der Waals surface area contributed by atoms with E-state index in [4.69, 9.17) is 14.2 Å². The van der Waals surface area contributed by atoms with Crippen molar-refractivity contribution in [3.63, 3.8) is 0 Å². The van der Waals surface area contributed by atoms with E-state index in [1.807, 2.05) is 20.8 Å². The lowest BCUT2D eigenvalue weighted by Gasteiger charge is -2.13. The highest BCUT2D eigenvalue weighted by atomic mass is 16.6. The van der Waals surface area contributed by atoms with Crippen molar-refractivity contribution in [3.05, 3.63) is 53.0 Å². The molecule has 0 heterocycles. The molecule has 160 valence electrons. The molecule has 1 atom stereocenters. The quantitative estimate of drug-likeness (QED) is 0.150. The van der Waals surface area contributed by atoms with Crippen molar-refractivity contribution in [3.8, 4) is 0 Å². The second-order valence-electron chi connectivity index (χ2n) is 7.60. The van der Waals surface area contributed by atoms with Gasteiger partial charge in [0.2, 0.25) is 0 Å². The Morgan fingerprint density at radius 2 is 1.83 bits per heavy atom. The molecule has 0 aromatic carbocycles. The Morgan fingerprint density at radius 1 is 1.10 bits per heavy atom. The molecular weight excluding hydrogens is 368 g/mol. The molecule has 0 amide bonds. The number of allylic oxidation sites excluding steroid dienone is 5. The molecule has 0 N–H and O–H groups in total. The van der Waals surface area contributed by atoms with Gasteiger partial charge in [-0.25, -0.2) is 9.59 Å². The summed E-state index contributed by atoms with van der Waals surface area (Å²) in [4.78, 5) is 25.2. The van der Waals surface area contributed by atoms with E-state index in [0.29, 0.717) is 17.3 Å². The average Bonchev–Trinajstić information content (AvgIpc) is 2.93. The van der Waals surface area contributed by atoms with E-state index in [9.17, 15) is 9.59 Å². The third-order valence-corrected chi connectivity index (χ3v) is 4.38. The summed E-state index contributed by atoms with van der Waals surface area (Å²) in [5, 5.41) is 0. The van der Waals surface area contributed by atoms with Gasteiger partial charge in [-0.2, -0.15) is 0 Å². The van der Waals surface area contributed by atoms with Crippen LogP contribution in [0.1, 0.15) is 53.4 Å². The number of carbonyl (C=O) groups excluding carboxylic acids is 2. The predicted octanol–water partition coefficient (Wildman–Crippen LogP) is 5.05. The first-order chi connectivity index (χ1) is 13.9. The van der Waals surface area contributed by atoms with Gasteiger partial charge in [0.05, 0.1) is 20.3 Å². The van der Waals surface area contributed by atoms with Crippen LogP contribution in [0.3, 0.4) is 0 Å². The van der Waals surface area contributed by atoms with Gasteiger partial charge >= 0.3 is 11.9 Å². The molecule has 0 radical (unpaired) electrons. The molecule has 1 aliphatic carbocycles. The van der Waals surface area contributed by atoms with Crippen LogP contribution >= 0.6 is 0 Å². The third kappa shape index (κ3) is 10.00. The highest BCUT2D eigenvalue weighted by molar-refractivity contribution is 6.14. The first kappa shape index (κ1) is 24.5. The Hall–Kier alpha value is -2.52. The molecule has 0 aromatic rings. The van der Waals surface area contributed by atoms with Gasteiger partial charge in [0.15, 0.2) is 5.76 Å². The van der Waals surface area contributed by atoms with Crippen LogP contribution in [0.5, 0.6) is 0 Å². The molecule has 1 unspecified atom stereocenters. The van der Waals surface area contributed by atoms with Crippen LogP contribution < -0.4 is 0 Å². The zero-order chi connectivity index (χ0) is 21.6. The first-order valence-electron chi connectivity index (χ1n) is 10.3. The molecule has 0 spiro atoms. The van der Waals surface area contributed by atoms with Crippen LogP contribution in [0.2, 0.25) is 0 Å². The summed E-state index contributed by atoms with van der Waals surface area (Å²) in [6.07, 6.45) is 12.2. The Morgan fingerprint density at radius 3 is 2.48 bits per heavy atom. The number of hydrogen-bond donors (Lipinski definition) is 0. The summed E-state index contributed by atoms with van der Waals surface area (Å²) in [5.41, 5.74) is 3.48. The van der Waals surface area contributed by atoms with Gasteiger partial charge in [0, 0.05) is 0 Å². The molecule has 5 nitrogen and oxygen atoms in total. The van der Waals surface area contributed by atoms with Crippen LogP contribution in [-0.4, -0.2) is 32.3 Å². The zero-order valence-electron chi connectivity index (χ0n) is 18.3. The lowest BCUT2D eigenvalue weighted by molar-refractivity contribution is -0.148. The summed E-state index contributed by atoms with van der Waals surface area (Å²) in [6.45, 7) is 8.79. The smallest absolute Gasteiger partial charge is 0.345 e. The van der Waals surface area contributed by atoms with Crippen LogP contribution in [0.4, 0.5) is 0 Å². The largest absolute Gasteiger partial charge is 0.489 e. The second-order valence-corrected chi connectivity index (χ2v) is 7.60. The molecule has 0 saturated carbocycles. The van der Waals surface area contributed by atoms with E-state index < -0.39 is 11.9 Å². The maximum atomic E-state index is 12.6. The van der Waals surface area contributed by atoms with E-state index >= 15 is 0 Å². The highest BCUT2D eigenvalue weighted by Crippen LogP contribution is 2.15.